The SMILES string of the molecule is CCOC(=O)C(NC=O)C(O)c1cc(Cl)cc(Cl)c1. The van der Waals surface area contributed by atoms with Gasteiger partial charge in [-0.2, -0.15) is 0 Å². The zero-order valence-electron chi connectivity index (χ0n) is 10.1. The van der Waals surface area contributed by atoms with Gasteiger partial charge in [0.1, 0.15) is 6.10 Å². The predicted molar refractivity (Wildman–Crippen MR) is 71.0 cm³/mol. The Kier molecular flexibility index (Phi) is 6.08. The van der Waals surface area contributed by atoms with Gasteiger partial charge in [0.15, 0.2) is 6.04 Å². The quantitative estimate of drug-likeness (QED) is 0.619. The van der Waals surface area contributed by atoms with E-state index in [1.54, 1.807) is 6.92 Å². The van der Waals surface area contributed by atoms with Gasteiger partial charge in [-0.25, -0.2) is 4.79 Å². The van der Waals surface area contributed by atoms with E-state index < -0.39 is 18.1 Å². The van der Waals surface area contributed by atoms with Crippen LogP contribution < -0.4 is 5.32 Å². The lowest BCUT2D eigenvalue weighted by Crippen LogP contribution is -2.42. The first-order chi connectivity index (χ1) is 8.99. The van der Waals surface area contributed by atoms with Crippen LogP contribution in [0.2, 0.25) is 10.0 Å². The minimum Gasteiger partial charge on any atom is -0.464 e. The number of benzene rings is 1. The molecule has 0 saturated carbocycles. The Morgan fingerprint density at radius 2 is 2.00 bits per heavy atom. The second kappa shape index (κ2) is 7.33. The van der Waals surface area contributed by atoms with E-state index in [0.29, 0.717) is 22.0 Å². The molecule has 0 heterocycles. The Bertz CT molecular complexity index is 447. The Labute approximate surface area is 120 Å². The molecule has 2 atom stereocenters. The van der Waals surface area contributed by atoms with E-state index in [1.807, 2.05) is 0 Å². The van der Waals surface area contributed by atoms with Gasteiger partial charge in [0.2, 0.25) is 6.41 Å². The molecule has 5 nitrogen and oxygen atoms in total. The third-order valence-electron chi connectivity index (χ3n) is 2.33. The minimum atomic E-state index is -1.31. The van der Waals surface area contributed by atoms with Crippen LogP contribution in [0.3, 0.4) is 0 Å². The topological polar surface area (TPSA) is 75.6 Å². The summed E-state index contributed by atoms with van der Waals surface area (Å²) in [6.07, 6.45) is -0.989. The van der Waals surface area contributed by atoms with Gasteiger partial charge in [-0.1, -0.05) is 23.2 Å². The maximum atomic E-state index is 11.6. The van der Waals surface area contributed by atoms with Crippen molar-refractivity contribution in [3.05, 3.63) is 33.8 Å². The number of aliphatic hydroxyl groups is 1. The van der Waals surface area contributed by atoms with Crippen molar-refractivity contribution in [3.63, 3.8) is 0 Å². The molecule has 0 aromatic heterocycles. The van der Waals surface area contributed by atoms with Crippen molar-refractivity contribution >= 4 is 35.6 Å². The van der Waals surface area contributed by atoms with E-state index in [9.17, 15) is 14.7 Å². The van der Waals surface area contributed by atoms with Crippen molar-refractivity contribution in [1.82, 2.24) is 5.32 Å². The van der Waals surface area contributed by atoms with Gasteiger partial charge in [-0.15, -0.1) is 0 Å². The fraction of sp³-hybridized carbons (Fsp3) is 0.333. The number of amides is 1. The first-order valence-electron chi connectivity index (χ1n) is 5.50. The minimum absolute atomic E-state index is 0.138. The highest BCUT2D eigenvalue weighted by atomic mass is 35.5. The summed E-state index contributed by atoms with van der Waals surface area (Å²) in [7, 11) is 0. The maximum absolute atomic E-state index is 11.6. The van der Waals surface area contributed by atoms with Crippen molar-refractivity contribution in [2.75, 3.05) is 6.61 Å². The highest BCUT2D eigenvalue weighted by Gasteiger charge is 2.29. The summed E-state index contributed by atoms with van der Waals surface area (Å²) in [5.41, 5.74) is 0.310. The van der Waals surface area contributed by atoms with Gasteiger partial charge >= 0.3 is 5.97 Å². The van der Waals surface area contributed by atoms with Crippen molar-refractivity contribution in [1.29, 1.82) is 0 Å². The van der Waals surface area contributed by atoms with Crippen molar-refractivity contribution in [2.24, 2.45) is 0 Å². The highest BCUT2D eigenvalue weighted by molar-refractivity contribution is 6.34. The Balaban J connectivity index is 3.00. The lowest BCUT2D eigenvalue weighted by molar-refractivity contribution is -0.149. The van der Waals surface area contributed by atoms with Gasteiger partial charge in [0.05, 0.1) is 6.61 Å². The molecular formula is C12H13Cl2NO4. The summed E-state index contributed by atoms with van der Waals surface area (Å²) in [6.45, 7) is 1.76. The zero-order valence-corrected chi connectivity index (χ0v) is 11.6. The van der Waals surface area contributed by atoms with E-state index in [4.69, 9.17) is 27.9 Å². The third kappa shape index (κ3) is 4.38. The molecule has 2 unspecified atom stereocenters. The Morgan fingerprint density at radius 1 is 1.42 bits per heavy atom. The fourth-order valence-electron chi connectivity index (χ4n) is 1.53. The summed E-state index contributed by atoms with van der Waals surface area (Å²) in [4.78, 5) is 22.2. The van der Waals surface area contributed by atoms with E-state index >= 15 is 0 Å². The van der Waals surface area contributed by atoms with Crippen LogP contribution >= 0.6 is 23.2 Å². The van der Waals surface area contributed by atoms with Crippen LogP contribution in [0.5, 0.6) is 0 Å². The molecule has 1 aromatic rings. The molecule has 1 rings (SSSR count). The number of hydrogen-bond acceptors (Lipinski definition) is 4. The van der Waals surface area contributed by atoms with Crippen LogP contribution in [0.25, 0.3) is 0 Å². The number of esters is 1. The number of carbonyl (C=O) groups is 2. The van der Waals surface area contributed by atoms with E-state index in [2.05, 4.69) is 5.32 Å². The molecule has 19 heavy (non-hydrogen) atoms. The van der Waals surface area contributed by atoms with E-state index in [1.165, 1.54) is 18.2 Å². The lowest BCUT2D eigenvalue weighted by Gasteiger charge is -2.21. The molecule has 0 bridgehead atoms. The summed E-state index contributed by atoms with van der Waals surface area (Å²) in [5.74, 6) is -0.738. The molecule has 7 heteroatoms. The standard InChI is InChI=1S/C12H13Cl2NO4/c1-2-19-12(18)10(15-6-16)11(17)7-3-8(13)5-9(14)4-7/h3-6,10-11,17H,2H2,1H3,(H,15,16). The van der Waals surface area contributed by atoms with E-state index in [-0.39, 0.29) is 6.61 Å². The van der Waals surface area contributed by atoms with Gasteiger partial charge < -0.3 is 15.2 Å². The molecule has 104 valence electrons. The molecule has 2 N–H and O–H groups in total. The number of nitrogens with one attached hydrogen (secondary N) is 1. The van der Waals surface area contributed by atoms with Crippen LogP contribution in [0, 0.1) is 0 Å². The number of ether oxygens (including phenoxy) is 1. The number of carbonyl (C=O) groups excluding carboxylic acids is 2. The fourth-order valence-corrected chi connectivity index (χ4v) is 2.07. The maximum Gasteiger partial charge on any atom is 0.331 e. The second-order valence-electron chi connectivity index (χ2n) is 3.66. The molecule has 0 fully saturated rings. The van der Waals surface area contributed by atoms with E-state index in [0.717, 1.165) is 0 Å². The molecule has 1 amide bonds. The summed E-state index contributed by atoms with van der Waals surface area (Å²) < 4.78 is 4.77. The zero-order chi connectivity index (χ0) is 14.4. The van der Waals surface area contributed by atoms with Crippen molar-refractivity contribution < 1.29 is 19.4 Å². The Morgan fingerprint density at radius 3 is 2.47 bits per heavy atom. The van der Waals surface area contributed by atoms with Crippen LogP contribution in [-0.2, 0) is 14.3 Å². The van der Waals surface area contributed by atoms with Crippen LogP contribution in [0.1, 0.15) is 18.6 Å². The molecule has 0 spiro atoms. The van der Waals surface area contributed by atoms with Gasteiger partial charge in [0, 0.05) is 10.0 Å². The largest absolute Gasteiger partial charge is 0.464 e. The van der Waals surface area contributed by atoms with Gasteiger partial charge in [0.25, 0.3) is 0 Å². The third-order valence-corrected chi connectivity index (χ3v) is 2.77. The summed E-state index contributed by atoms with van der Waals surface area (Å²) >= 11 is 11.6. The molecule has 0 aliphatic carbocycles. The molecule has 0 aliphatic rings. The molecule has 0 saturated heterocycles. The Hall–Kier alpha value is -1.30. The number of rotatable bonds is 6. The average Bonchev–Trinajstić information content (AvgIpc) is 2.34. The summed E-state index contributed by atoms with van der Waals surface area (Å²) in [6, 6.07) is 3.19. The van der Waals surface area contributed by atoms with Crippen LogP contribution in [0.15, 0.2) is 18.2 Å². The number of hydrogen-bond donors (Lipinski definition) is 2. The molecular weight excluding hydrogens is 293 g/mol. The lowest BCUT2D eigenvalue weighted by atomic mass is 10.0. The van der Waals surface area contributed by atoms with Gasteiger partial charge in [-0.3, -0.25) is 4.79 Å². The number of halogens is 2. The highest BCUT2D eigenvalue weighted by Crippen LogP contribution is 2.25. The summed E-state index contributed by atoms with van der Waals surface area (Å²) in [5, 5.41) is 13.0. The average molecular weight is 306 g/mol. The van der Waals surface area contributed by atoms with Crippen LogP contribution in [0.4, 0.5) is 0 Å². The normalized spacial score (nSPS) is 13.5. The molecule has 0 aliphatic heterocycles. The first-order valence-corrected chi connectivity index (χ1v) is 6.25. The van der Waals surface area contributed by atoms with Gasteiger partial charge in [-0.05, 0) is 30.7 Å². The van der Waals surface area contributed by atoms with Crippen LogP contribution in [-0.4, -0.2) is 30.1 Å². The molecule has 1 aromatic carbocycles. The van der Waals surface area contributed by atoms with Crippen molar-refractivity contribution in [3.8, 4) is 0 Å². The monoisotopic (exact) mass is 305 g/mol. The predicted octanol–water partition coefficient (Wildman–Crippen LogP) is 1.70. The second-order valence-corrected chi connectivity index (χ2v) is 4.53. The smallest absolute Gasteiger partial charge is 0.331 e. The molecule has 0 radical (unpaired) electrons. The number of aliphatic hydroxyl groups excluding tert-OH is 1. The first kappa shape index (κ1) is 15.8. The van der Waals surface area contributed by atoms with Crippen molar-refractivity contribution in [2.45, 2.75) is 19.1 Å².